The maximum atomic E-state index is 10.6. The molecule has 3 nitrogen and oxygen atoms in total. The molecule has 0 heterocycles. The molecule has 0 spiro atoms. The molecule has 0 fully saturated rings. The quantitative estimate of drug-likeness (QED) is 0.331. The molecule has 0 aliphatic heterocycles. The number of hydrogen-bond donors (Lipinski definition) is 1. The van der Waals surface area contributed by atoms with E-state index in [1.807, 2.05) is 0 Å². The summed E-state index contributed by atoms with van der Waals surface area (Å²) in [5, 5.41) is 8.33. The first-order valence-electron chi connectivity index (χ1n) is 3.37. The second-order valence-corrected chi connectivity index (χ2v) is 2.09. The van der Waals surface area contributed by atoms with Crippen molar-refractivity contribution in [2.24, 2.45) is 0 Å². The van der Waals surface area contributed by atoms with Crippen LogP contribution in [0.5, 0.6) is 0 Å². The van der Waals surface area contributed by atoms with Crippen molar-refractivity contribution in [3.05, 3.63) is 0 Å². The number of Topliss-reactive ketones (excluding diaryl/α,β-unsaturated/α-hetero) is 1. The van der Waals surface area contributed by atoms with E-state index in [9.17, 15) is 9.59 Å². The number of aliphatic hydroxyl groups is 1. The van der Waals surface area contributed by atoms with Crippen LogP contribution in [-0.2, 0) is 9.59 Å². The monoisotopic (exact) mass is 144 g/mol. The first kappa shape index (κ1) is 9.30. The Balaban J connectivity index is 3.13. The van der Waals surface area contributed by atoms with E-state index in [2.05, 4.69) is 0 Å². The molecule has 0 bridgehead atoms. The summed E-state index contributed by atoms with van der Waals surface area (Å²) in [6, 6.07) is 0. The van der Waals surface area contributed by atoms with Crippen LogP contribution in [0.3, 0.4) is 0 Å². The third-order valence-electron chi connectivity index (χ3n) is 1.17. The highest BCUT2D eigenvalue weighted by molar-refractivity contribution is 5.89. The molecule has 0 rings (SSSR count). The van der Waals surface area contributed by atoms with Crippen molar-refractivity contribution in [2.75, 3.05) is 6.61 Å². The Labute approximate surface area is 60.0 Å². The van der Waals surface area contributed by atoms with E-state index < -0.39 is 0 Å². The number of hydrogen-bond acceptors (Lipinski definition) is 3. The van der Waals surface area contributed by atoms with Crippen molar-refractivity contribution < 1.29 is 14.7 Å². The molecule has 0 saturated carbocycles. The zero-order valence-electron chi connectivity index (χ0n) is 5.88. The zero-order chi connectivity index (χ0) is 7.82. The highest BCUT2D eigenvalue weighted by atomic mass is 16.2. The summed E-state index contributed by atoms with van der Waals surface area (Å²) in [7, 11) is 0. The fourth-order valence-electron chi connectivity index (χ4n) is 0.629. The number of ketones is 1. The molecule has 0 aromatic rings. The molecule has 0 radical (unpaired) electrons. The van der Waals surface area contributed by atoms with Gasteiger partial charge in [0.15, 0.2) is 0 Å². The van der Waals surface area contributed by atoms with E-state index in [4.69, 9.17) is 5.11 Å². The molecule has 0 amide bonds. The van der Waals surface area contributed by atoms with Gasteiger partial charge in [-0.25, -0.2) is 0 Å². The van der Waals surface area contributed by atoms with E-state index in [1.165, 1.54) is 0 Å². The van der Waals surface area contributed by atoms with Crippen LogP contribution in [0.4, 0.5) is 0 Å². The fourth-order valence-corrected chi connectivity index (χ4v) is 0.629. The number of rotatable bonds is 6. The van der Waals surface area contributed by atoms with Crippen LogP contribution in [0.2, 0.25) is 0 Å². The summed E-state index contributed by atoms with van der Waals surface area (Å²) < 4.78 is 0. The lowest BCUT2D eigenvalue weighted by Crippen LogP contribution is -1.98. The maximum absolute atomic E-state index is 10.6. The summed E-state index contributed by atoms with van der Waals surface area (Å²) >= 11 is 0. The van der Waals surface area contributed by atoms with Crippen LogP contribution in [0.1, 0.15) is 25.7 Å². The van der Waals surface area contributed by atoms with Gasteiger partial charge in [0.25, 0.3) is 0 Å². The molecule has 0 aromatic heterocycles. The Morgan fingerprint density at radius 2 is 2.10 bits per heavy atom. The third kappa shape index (κ3) is 5.44. The van der Waals surface area contributed by atoms with Gasteiger partial charge in [0, 0.05) is 13.0 Å². The van der Waals surface area contributed by atoms with Crippen LogP contribution in [0, 0.1) is 0 Å². The molecule has 0 saturated heterocycles. The van der Waals surface area contributed by atoms with Crippen LogP contribution in [0.25, 0.3) is 0 Å². The standard InChI is InChI=1S/C7H12O3/c8-5-2-1-3-7(10)4-6-9/h6,8H,1-5H2. The zero-order valence-corrected chi connectivity index (χ0v) is 5.88. The van der Waals surface area contributed by atoms with E-state index in [0.29, 0.717) is 25.5 Å². The summed E-state index contributed by atoms with van der Waals surface area (Å²) in [5.41, 5.74) is 0. The SMILES string of the molecule is O=CCC(=O)CCCCO. The second kappa shape index (κ2) is 6.42. The molecule has 0 unspecified atom stereocenters. The lowest BCUT2D eigenvalue weighted by molar-refractivity contribution is -0.122. The van der Waals surface area contributed by atoms with Crippen molar-refractivity contribution in [2.45, 2.75) is 25.7 Å². The molecule has 0 aliphatic rings. The Morgan fingerprint density at radius 1 is 1.40 bits per heavy atom. The molecular weight excluding hydrogens is 132 g/mol. The molecule has 10 heavy (non-hydrogen) atoms. The van der Waals surface area contributed by atoms with Crippen LogP contribution >= 0.6 is 0 Å². The summed E-state index contributed by atoms with van der Waals surface area (Å²) in [5.74, 6) is -0.0385. The van der Waals surface area contributed by atoms with E-state index in [0.717, 1.165) is 0 Å². The summed E-state index contributed by atoms with van der Waals surface area (Å²) in [6.07, 6.45) is 2.37. The average Bonchev–Trinajstić information content (AvgIpc) is 1.89. The van der Waals surface area contributed by atoms with Gasteiger partial charge in [0.1, 0.15) is 12.1 Å². The molecule has 0 aromatic carbocycles. The number of carbonyl (C=O) groups excluding carboxylic acids is 2. The Kier molecular flexibility index (Phi) is 5.97. The van der Waals surface area contributed by atoms with Crippen LogP contribution < -0.4 is 0 Å². The Morgan fingerprint density at radius 3 is 2.60 bits per heavy atom. The van der Waals surface area contributed by atoms with Gasteiger partial charge in [-0.2, -0.15) is 0 Å². The lowest BCUT2D eigenvalue weighted by atomic mass is 10.1. The van der Waals surface area contributed by atoms with Gasteiger partial charge in [0.2, 0.25) is 0 Å². The van der Waals surface area contributed by atoms with E-state index in [-0.39, 0.29) is 18.8 Å². The van der Waals surface area contributed by atoms with Crippen molar-refractivity contribution in [3.8, 4) is 0 Å². The molecule has 58 valence electrons. The Bertz CT molecular complexity index is 109. The predicted molar refractivity (Wildman–Crippen MR) is 36.6 cm³/mol. The molecular formula is C7H12O3. The topological polar surface area (TPSA) is 54.4 Å². The van der Waals surface area contributed by atoms with Crippen LogP contribution in [0.15, 0.2) is 0 Å². The van der Waals surface area contributed by atoms with Gasteiger partial charge >= 0.3 is 0 Å². The second-order valence-electron chi connectivity index (χ2n) is 2.09. The maximum Gasteiger partial charge on any atom is 0.139 e. The predicted octanol–water partition coefficient (Wildman–Crippen LogP) is 0.307. The first-order chi connectivity index (χ1) is 4.81. The highest BCUT2D eigenvalue weighted by Gasteiger charge is 1.98. The number of unbranched alkanes of at least 4 members (excludes halogenated alkanes) is 1. The largest absolute Gasteiger partial charge is 0.396 e. The van der Waals surface area contributed by atoms with Crippen molar-refractivity contribution in [1.82, 2.24) is 0 Å². The molecule has 0 atom stereocenters. The fraction of sp³-hybridized carbons (Fsp3) is 0.714. The average molecular weight is 144 g/mol. The van der Waals surface area contributed by atoms with Crippen molar-refractivity contribution in [3.63, 3.8) is 0 Å². The number of carbonyl (C=O) groups is 2. The number of aliphatic hydroxyl groups excluding tert-OH is 1. The van der Waals surface area contributed by atoms with Gasteiger partial charge in [-0.05, 0) is 12.8 Å². The summed E-state index contributed by atoms with van der Waals surface area (Å²) in [4.78, 5) is 20.4. The van der Waals surface area contributed by atoms with Gasteiger partial charge in [0.05, 0.1) is 6.42 Å². The summed E-state index contributed by atoms with van der Waals surface area (Å²) in [6.45, 7) is 0.119. The first-order valence-corrected chi connectivity index (χ1v) is 3.37. The van der Waals surface area contributed by atoms with Crippen molar-refractivity contribution >= 4 is 12.1 Å². The number of aldehydes is 1. The molecule has 1 N–H and O–H groups in total. The smallest absolute Gasteiger partial charge is 0.139 e. The Hall–Kier alpha value is -0.700. The van der Waals surface area contributed by atoms with Gasteiger partial charge < -0.3 is 9.90 Å². The third-order valence-corrected chi connectivity index (χ3v) is 1.17. The van der Waals surface area contributed by atoms with Gasteiger partial charge in [-0.3, -0.25) is 4.79 Å². The minimum Gasteiger partial charge on any atom is -0.396 e. The van der Waals surface area contributed by atoms with E-state index >= 15 is 0 Å². The van der Waals surface area contributed by atoms with Crippen molar-refractivity contribution in [1.29, 1.82) is 0 Å². The minimum atomic E-state index is -0.0385. The van der Waals surface area contributed by atoms with Crippen LogP contribution in [-0.4, -0.2) is 23.8 Å². The normalized spacial score (nSPS) is 9.30. The molecule has 0 aliphatic carbocycles. The highest BCUT2D eigenvalue weighted by Crippen LogP contribution is 1.96. The van der Waals surface area contributed by atoms with Gasteiger partial charge in [-0.1, -0.05) is 0 Å². The van der Waals surface area contributed by atoms with E-state index in [1.54, 1.807) is 0 Å². The lowest BCUT2D eigenvalue weighted by Gasteiger charge is -1.93. The minimum absolute atomic E-state index is 0.0193. The van der Waals surface area contributed by atoms with Gasteiger partial charge in [-0.15, -0.1) is 0 Å². The molecule has 3 heteroatoms.